The molecule has 1 heterocycles. The van der Waals surface area contributed by atoms with Crippen molar-refractivity contribution < 1.29 is 9.59 Å². The minimum absolute atomic E-state index is 0. The first kappa shape index (κ1) is 15.2. The predicted octanol–water partition coefficient (Wildman–Crippen LogP) is -0.389. The number of rotatable bonds is 4. The Morgan fingerprint density at radius 1 is 1.62 bits per heavy atom. The van der Waals surface area contributed by atoms with Crippen LogP contribution in [0.3, 0.4) is 0 Å². The Labute approximate surface area is 102 Å². The molecular formula is C10H20ClN3O2. The van der Waals surface area contributed by atoms with E-state index < -0.39 is 0 Å². The smallest absolute Gasteiger partial charge is 0.224 e. The number of halogens is 1. The van der Waals surface area contributed by atoms with E-state index in [1.165, 1.54) is 0 Å². The van der Waals surface area contributed by atoms with E-state index in [0.717, 1.165) is 0 Å². The monoisotopic (exact) mass is 249 g/mol. The van der Waals surface area contributed by atoms with Crippen molar-refractivity contribution in [2.75, 3.05) is 27.2 Å². The Morgan fingerprint density at radius 3 is 2.69 bits per heavy atom. The molecule has 0 aliphatic carbocycles. The number of carbonyl (C=O) groups excluding carboxylic acids is 2. The summed E-state index contributed by atoms with van der Waals surface area (Å²) in [6.07, 6.45) is 0.425. The van der Waals surface area contributed by atoms with Gasteiger partial charge in [0.25, 0.3) is 0 Å². The summed E-state index contributed by atoms with van der Waals surface area (Å²) in [5.41, 5.74) is 0. The van der Waals surface area contributed by atoms with Crippen LogP contribution in [0.4, 0.5) is 0 Å². The number of amides is 2. The first-order valence-electron chi connectivity index (χ1n) is 5.23. The van der Waals surface area contributed by atoms with E-state index in [-0.39, 0.29) is 36.2 Å². The van der Waals surface area contributed by atoms with Crippen molar-refractivity contribution in [3.8, 4) is 0 Å². The van der Waals surface area contributed by atoms with Gasteiger partial charge in [-0.25, -0.2) is 0 Å². The molecule has 5 nitrogen and oxygen atoms in total. The molecule has 1 rings (SSSR count). The van der Waals surface area contributed by atoms with Crippen molar-refractivity contribution in [1.82, 2.24) is 15.5 Å². The van der Waals surface area contributed by atoms with E-state index in [2.05, 4.69) is 10.6 Å². The van der Waals surface area contributed by atoms with E-state index >= 15 is 0 Å². The molecule has 2 N–H and O–H groups in total. The van der Waals surface area contributed by atoms with Crippen molar-refractivity contribution in [2.45, 2.75) is 19.4 Å². The van der Waals surface area contributed by atoms with Crippen LogP contribution < -0.4 is 10.6 Å². The normalized spacial score (nSPS) is 21.6. The minimum Gasteiger partial charge on any atom is -0.351 e. The molecule has 1 aliphatic rings. The topological polar surface area (TPSA) is 61.4 Å². The minimum atomic E-state index is -0.0593. The molecule has 1 aliphatic heterocycles. The molecule has 0 radical (unpaired) electrons. The largest absolute Gasteiger partial charge is 0.351 e. The van der Waals surface area contributed by atoms with E-state index in [1.54, 1.807) is 11.9 Å². The summed E-state index contributed by atoms with van der Waals surface area (Å²) in [5, 5.41) is 5.84. The van der Waals surface area contributed by atoms with Gasteiger partial charge in [0.1, 0.15) is 0 Å². The summed E-state index contributed by atoms with van der Waals surface area (Å²) in [6, 6.07) is -0.0192. The Bertz CT molecular complexity index is 260. The highest BCUT2D eigenvalue weighted by Crippen LogP contribution is 2.08. The second-order valence-corrected chi connectivity index (χ2v) is 4.14. The molecule has 94 valence electrons. The predicted molar refractivity (Wildman–Crippen MR) is 64.5 cm³/mol. The van der Waals surface area contributed by atoms with Crippen LogP contribution in [0.15, 0.2) is 0 Å². The number of carbonyl (C=O) groups is 2. The highest BCUT2D eigenvalue weighted by molar-refractivity contribution is 5.85. The van der Waals surface area contributed by atoms with Gasteiger partial charge in [-0.2, -0.15) is 0 Å². The summed E-state index contributed by atoms with van der Waals surface area (Å²) in [6.45, 7) is 3.14. The molecule has 0 aromatic rings. The SMILES string of the molecule is CNCC(C)C(=O)NC1CC(=O)N(C)C1.Cl. The average molecular weight is 250 g/mol. The molecule has 0 saturated carbocycles. The van der Waals surface area contributed by atoms with Crippen LogP contribution in [0.2, 0.25) is 0 Å². The zero-order chi connectivity index (χ0) is 11.4. The van der Waals surface area contributed by atoms with Crippen molar-refractivity contribution in [1.29, 1.82) is 0 Å². The van der Waals surface area contributed by atoms with Crippen molar-refractivity contribution >= 4 is 24.2 Å². The summed E-state index contributed by atoms with van der Waals surface area (Å²) in [4.78, 5) is 24.5. The Kier molecular flexibility index (Phi) is 6.36. The van der Waals surface area contributed by atoms with Gasteiger partial charge in [-0.15, -0.1) is 12.4 Å². The highest BCUT2D eigenvalue weighted by Gasteiger charge is 2.28. The van der Waals surface area contributed by atoms with Crippen molar-refractivity contribution in [2.24, 2.45) is 5.92 Å². The third kappa shape index (κ3) is 3.98. The highest BCUT2D eigenvalue weighted by atomic mass is 35.5. The zero-order valence-corrected chi connectivity index (χ0v) is 10.8. The lowest BCUT2D eigenvalue weighted by atomic mass is 10.1. The van der Waals surface area contributed by atoms with Gasteiger partial charge >= 0.3 is 0 Å². The maximum atomic E-state index is 11.6. The molecule has 2 amide bonds. The van der Waals surface area contributed by atoms with Gasteiger partial charge in [-0.3, -0.25) is 9.59 Å². The third-order valence-corrected chi connectivity index (χ3v) is 2.65. The van der Waals surface area contributed by atoms with Crippen LogP contribution in [0.1, 0.15) is 13.3 Å². The molecule has 16 heavy (non-hydrogen) atoms. The number of likely N-dealkylation sites (N-methyl/N-ethyl adjacent to an activating group) is 1. The van der Waals surface area contributed by atoms with Gasteiger partial charge in [-0.1, -0.05) is 6.92 Å². The van der Waals surface area contributed by atoms with Gasteiger partial charge in [0.2, 0.25) is 11.8 Å². The van der Waals surface area contributed by atoms with Gasteiger partial charge < -0.3 is 15.5 Å². The molecule has 0 aromatic carbocycles. The fourth-order valence-corrected chi connectivity index (χ4v) is 1.70. The lowest BCUT2D eigenvalue weighted by Crippen LogP contribution is -2.41. The Balaban J connectivity index is 0.00000225. The number of likely N-dealkylation sites (tertiary alicyclic amines) is 1. The molecule has 2 atom stereocenters. The quantitative estimate of drug-likeness (QED) is 0.714. The van der Waals surface area contributed by atoms with Crippen LogP contribution in [-0.2, 0) is 9.59 Å². The number of hydrogen-bond donors (Lipinski definition) is 2. The van der Waals surface area contributed by atoms with Crippen molar-refractivity contribution in [3.63, 3.8) is 0 Å². The average Bonchev–Trinajstić information content (AvgIpc) is 2.46. The second-order valence-electron chi connectivity index (χ2n) is 4.14. The number of nitrogens with zero attached hydrogens (tertiary/aromatic N) is 1. The van der Waals surface area contributed by atoms with E-state index in [0.29, 0.717) is 19.5 Å². The molecular weight excluding hydrogens is 230 g/mol. The molecule has 1 fully saturated rings. The standard InChI is InChI=1S/C10H19N3O2.ClH/c1-7(5-11-2)10(15)12-8-4-9(14)13(3)6-8;/h7-8,11H,4-6H2,1-3H3,(H,12,15);1H. The second kappa shape index (κ2) is 6.70. The summed E-state index contributed by atoms with van der Waals surface area (Å²) >= 11 is 0. The van der Waals surface area contributed by atoms with Crippen LogP contribution in [-0.4, -0.2) is 49.9 Å². The fourth-order valence-electron chi connectivity index (χ4n) is 1.70. The summed E-state index contributed by atoms with van der Waals surface area (Å²) < 4.78 is 0. The number of nitrogens with one attached hydrogen (secondary N) is 2. The fraction of sp³-hybridized carbons (Fsp3) is 0.800. The molecule has 0 bridgehead atoms. The molecule has 0 spiro atoms. The maximum Gasteiger partial charge on any atom is 0.224 e. The summed E-state index contributed by atoms with van der Waals surface area (Å²) in [7, 11) is 3.57. The molecule has 0 aromatic heterocycles. The van der Waals surface area contributed by atoms with E-state index in [1.807, 2.05) is 14.0 Å². The first-order valence-corrected chi connectivity index (χ1v) is 5.23. The molecule has 1 saturated heterocycles. The first-order chi connectivity index (χ1) is 7.04. The van der Waals surface area contributed by atoms with E-state index in [9.17, 15) is 9.59 Å². The molecule has 2 unspecified atom stereocenters. The lowest BCUT2D eigenvalue weighted by molar-refractivity contribution is -0.126. The van der Waals surface area contributed by atoms with Gasteiger partial charge in [0.05, 0.1) is 6.04 Å². The van der Waals surface area contributed by atoms with Gasteiger partial charge in [0.15, 0.2) is 0 Å². The van der Waals surface area contributed by atoms with Crippen LogP contribution in [0, 0.1) is 5.92 Å². The Hall–Kier alpha value is -0.810. The molecule has 6 heteroatoms. The number of hydrogen-bond acceptors (Lipinski definition) is 3. The summed E-state index contributed by atoms with van der Waals surface area (Å²) in [5.74, 6) is 0.0510. The maximum absolute atomic E-state index is 11.6. The van der Waals surface area contributed by atoms with E-state index in [4.69, 9.17) is 0 Å². The van der Waals surface area contributed by atoms with Crippen LogP contribution in [0.5, 0.6) is 0 Å². The lowest BCUT2D eigenvalue weighted by Gasteiger charge is -2.16. The van der Waals surface area contributed by atoms with Gasteiger partial charge in [0, 0.05) is 32.5 Å². The van der Waals surface area contributed by atoms with Crippen LogP contribution >= 0.6 is 12.4 Å². The van der Waals surface area contributed by atoms with Gasteiger partial charge in [-0.05, 0) is 7.05 Å². The van der Waals surface area contributed by atoms with Crippen LogP contribution in [0.25, 0.3) is 0 Å². The third-order valence-electron chi connectivity index (χ3n) is 2.65. The zero-order valence-electron chi connectivity index (χ0n) is 9.95. The van der Waals surface area contributed by atoms with Crippen molar-refractivity contribution in [3.05, 3.63) is 0 Å². The Morgan fingerprint density at radius 2 is 2.25 bits per heavy atom.